The van der Waals surface area contributed by atoms with Crippen LogP contribution in [0.25, 0.3) is 0 Å². The van der Waals surface area contributed by atoms with Crippen LogP contribution in [0.1, 0.15) is 105 Å². The SMILES string of the molecule is CC(C)=CC[C@@H]1C[C@]23C[C@H](C=CC(C)(C)O)C(C)(C)OC2=C(C(=O)c2ccc(O)c(O)c2)C(=O)[C@@](CC=C(C)C)(C3=O)C1(C)C. The van der Waals surface area contributed by atoms with Crippen LogP contribution >= 0.6 is 0 Å². The number of hydrogen-bond donors (Lipinski definition) is 3. The molecule has 3 aliphatic rings. The van der Waals surface area contributed by atoms with E-state index in [0.29, 0.717) is 19.3 Å². The molecule has 2 aliphatic carbocycles. The fraction of sp³-hybridized carbons (Fsp3) is 0.553. The first-order valence-electron chi connectivity index (χ1n) is 15.9. The summed E-state index contributed by atoms with van der Waals surface area (Å²) in [5.74, 6) is -2.58. The van der Waals surface area contributed by atoms with Crippen LogP contribution in [0.2, 0.25) is 0 Å². The fourth-order valence-electron chi connectivity index (χ4n) is 7.57. The Morgan fingerprint density at radius 2 is 1.60 bits per heavy atom. The van der Waals surface area contributed by atoms with Gasteiger partial charge in [-0.25, -0.2) is 0 Å². The first-order valence-corrected chi connectivity index (χ1v) is 15.9. The van der Waals surface area contributed by atoms with Crippen LogP contribution in [0.15, 0.2) is 65.0 Å². The van der Waals surface area contributed by atoms with Crippen molar-refractivity contribution in [2.75, 3.05) is 0 Å². The molecule has 244 valence electrons. The highest BCUT2D eigenvalue weighted by Gasteiger charge is 2.74. The first kappa shape index (κ1) is 34.4. The number of carbonyl (C=O) groups excluding carboxylic acids is 3. The smallest absolute Gasteiger partial charge is 0.200 e. The lowest BCUT2D eigenvalue weighted by Crippen LogP contribution is -2.69. The molecule has 4 atom stereocenters. The molecule has 1 heterocycles. The predicted molar refractivity (Wildman–Crippen MR) is 175 cm³/mol. The van der Waals surface area contributed by atoms with Gasteiger partial charge in [-0.1, -0.05) is 49.3 Å². The summed E-state index contributed by atoms with van der Waals surface area (Å²) in [5.41, 5.74) is -3.71. The van der Waals surface area contributed by atoms with Gasteiger partial charge in [0.25, 0.3) is 0 Å². The molecule has 1 saturated carbocycles. The van der Waals surface area contributed by atoms with E-state index in [0.717, 1.165) is 17.2 Å². The van der Waals surface area contributed by atoms with Crippen molar-refractivity contribution in [2.45, 2.75) is 106 Å². The summed E-state index contributed by atoms with van der Waals surface area (Å²) >= 11 is 0. The minimum absolute atomic E-state index is 0.0189. The van der Waals surface area contributed by atoms with Crippen LogP contribution in [0.3, 0.4) is 0 Å². The molecular weight excluding hydrogens is 568 g/mol. The van der Waals surface area contributed by atoms with Crippen molar-refractivity contribution in [3.05, 3.63) is 70.5 Å². The number of ketones is 3. The van der Waals surface area contributed by atoms with Gasteiger partial charge in [-0.2, -0.15) is 0 Å². The monoisotopic (exact) mass is 618 g/mol. The average Bonchev–Trinajstić information content (AvgIpc) is 2.90. The van der Waals surface area contributed by atoms with Gasteiger partial charge in [0.05, 0.1) is 11.0 Å². The van der Waals surface area contributed by atoms with Crippen LogP contribution in [0.4, 0.5) is 0 Å². The largest absolute Gasteiger partial charge is 0.504 e. The third-order valence-corrected chi connectivity index (χ3v) is 10.5. The molecule has 1 aromatic rings. The molecule has 0 amide bonds. The maximum Gasteiger partial charge on any atom is 0.200 e. The number of phenolic OH excluding ortho intramolecular Hbond substituents is 2. The number of hydrogen-bond acceptors (Lipinski definition) is 7. The molecule has 2 bridgehead atoms. The third-order valence-electron chi connectivity index (χ3n) is 10.5. The van der Waals surface area contributed by atoms with E-state index in [1.54, 1.807) is 19.9 Å². The van der Waals surface area contributed by atoms with Gasteiger partial charge >= 0.3 is 0 Å². The summed E-state index contributed by atoms with van der Waals surface area (Å²) in [6.45, 7) is 19.0. The third kappa shape index (κ3) is 5.73. The Morgan fingerprint density at radius 3 is 2.16 bits per heavy atom. The van der Waals surface area contributed by atoms with Crippen molar-refractivity contribution in [1.29, 1.82) is 0 Å². The van der Waals surface area contributed by atoms with Gasteiger partial charge in [0.1, 0.15) is 22.3 Å². The molecule has 4 rings (SSSR count). The molecule has 1 spiro atoms. The minimum Gasteiger partial charge on any atom is -0.504 e. The molecule has 1 aromatic carbocycles. The molecule has 1 saturated heterocycles. The zero-order valence-corrected chi connectivity index (χ0v) is 28.5. The van der Waals surface area contributed by atoms with Gasteiger partial charge in [0, 0.05) is 11.5 Å². The Balaban J connectivity index is 2.11. The lowest BCUT2D eigenvalue weighted by molar-refractivity contribution is -0.186. The number of ether oxygens (including phenoxy) is 1. The van der Waals surface area contributed by atoms with Gasteiger partial charge < -0.3 is 20.1 Å². The van der Waals surface area contributed by atoms with E-state index in [-0.39, 0.29) is 46.7 Å². The molecule has 0 radical (unpaired) electrons. The average molecular weight is 619 g/mol. The summed E-state index contributed by atoms with van der Waals surface area (Å²) in [6.07, 6.45) is 9.19. The van der Waals surface area contributed by atoms with Crippen LogP contribution < -0.4 is 0 Å². The van der Waals surface area contributed by atoms with E-state index in [4.69, 9.17) is 4.74 Å². The molecule has 1 aliphatic heterocycles. The first-order chi connectivity index (χ1) is 20.6. The summed E-state index contributed by atoms with van der Waals surface area (Å²) in [5, 5.41) is 30.8. The Morgan fingerprint density at radius 1 is 0.978 bits per heavy atom. The van der Waals surface area contributed by atoms with Crippen LogP contribution in [-0.2, 0) is 14.3 Å². The number of aromatic hydroxyl groups is 2. The molecule has 7 nitrogen and oxygen atoms in total. The fourth-order valence-corrected chi connectivity index (χ4v) is 7.57. The Hall–Kier alpha value is -3.45. The summed E-state index contributed by atoms with van der Waals surface area (Å²) in [4.78, 5) is 45.0. The minimum atomic E-state index is -1.55. The van der Waals surface area contributed by atoms with Gasteiger partial charge in [-0.05, 0) is 111 Å². The maximum absolute atomic E-state index is 15.3. The highest BCUT2D eigenvalue weighted by Crippen LogP contribution is 2.69. The molecule has 7 heteroatoms. The second kappa shape index (κ2) is 11.4. The number of allylic oxidation sites excluding steroid dienone is 6. The van der Waals surface area contributed by atoms with E-state index in [2.05, 4.69) is 6.08 Å². The standard InChI is InChI=1S/C38H50O7/c1-22(2)11-13-25-20-37-21-26(16-17-34(5,6)44)36(9,10)45-32(37)29(30(41)24-12-14-27(39)28(40)19-24)31(42)38(33(37)43,35(25,7)8)18-15-23(3)4/h11-12,14-17,19,25-26,39-40,44H,13,18,20-21H2,1-10H3/t25-,26+,37+,38+/m1/s1. The van der Waals surface area contributed by atoms with Crippen molar-refractivity contribution in [2.24, 2.45) is 28.1 Å². The van der Waals surface area contributed by atoms with Crippen LogP contribution in [0.5, 0.6) is 11.5 Å². The van der Waals surface area contributed by atoms with Crippen molar-refractivity contribution in [3.8, 4) is 11.5 Å². The Kier molecular flexibility index (Phi) is 8.73. The molecule has 0 unspecified atom stereocenters. The summed E-state index contributed by atoms with van der Waals surface area (Å²) in [7, 11) is 0. The second-order valence-electron chi connectivity index (χ2n) is 15.5. The molecular formula is C38H50O7. The van der Waals surface area contributed by atoms with Gasteiger partial charge in [-0.3, -0.25) is 14.4 Å². The summed E-state index contributed by atoms with van der Waals surface area (Å²) in [6, 6.07) is 3.72. The Bertz CT molecular complexity index is 1540. The predicted octanol–water partition coefficient (Wildman–Crippen LogP) is 7.56. The van der Waals surface area contributed by atoms with E-state index in [9.17, 15) is 20.1 Å². The van der Waals surface area contributed by atoms with Crippen molar-refractivity contribution in [3.63, 3.8) is 0 Å². The number of fused-ring (bicyclic) bond motifs is 1. The van der Waals surface area contributed by atoms with Crippen LogP contribution in [0, 0.1) is 28.1 Å². The van der Waals surface area contributed by atoms with Crippen molar-refractivity contribution < 1.29 is 34.4 Å². The Labute approximate surface area is 267 Å². The lowest BCUT2D eigenvalue weighted by atomic mass is 9.39. The van der Waals surface area contributed by atoms with E-state index < -0.39 is 44.8 Å². The van der Waals surface area contributed by atoms with Crippen molar-refractivity contribution >= 4 is 17.3 Å². The normalized spacial score (nSPS) is 28.8. The number of aliphatic hydroxyl groups is 1. The molecule has 0 aromatic heterocycles. The topological polar surface area (TPSA) is 121 Å². The van der Waals surface area contributed by atoms with E-state index >= 15 is 9.59 Å². The second-order valence-corrected chi connectivity index (χ2v) is 15.5. The van der Waals surface area contributed by atoms with Crippen molar-refractivity contribution in [1.82, 2.24) is 0 Å². The number of Topliss-reactive ketones (excluding diaryl/α,β-unsaturated/α-hetero) is 3. The van der Waals surface area contributed by atoms with E-state index in [1.807, 2.05) is 67.5 Å². The molecule has 3 N–H and O–H groups in total. The maximum atomic E-state index is 15.3. The molecule has 2 fully saturated rings. The van der Waals surface area contributed by atoms with Crippen LogP contribution in [-0.4, -0.2) is 43.9 Å². The quantitative estimate of drug-likeness (QED) is 0.0904. The lowest BCUT2D eigenvalue weighted by Gasteiger charge is -2.63. The highest BCUT2D eigenvalue weighted by molar-refractivity contribution is 6.35. The number of phenols is 2. The number of rotatable bonds is 8. The van der Waals surface area contributed by atoms with Gasteiger partial charge in [-0.15, -0.1) is 0 Å². The highest BCUT2D eigenvalue weighted by atomic mass is 16.5. The van der Waals surface area contributed by atoms with E-state index in [1.165, 1.54) is 12.1 Å². The number of benzene rings is 1. The van der Waals surface area contributed by atoms with Gasteiger partial charge in [0.15, 0.2) is 28.8 Å². The zero-order valence-electron chi connectivity index (χ0n) is 28.5. The number of carbonyl (C=O) groups is 3. The van der Waals surface area contributed by atoms with Gasteiger partial charge in [0.2, 0.25) is 0 Å². The molecule has 45 heavy (non-hydrogen) atoms. The summed E-state index contributed by atoms with van der Waals surface area (Å²) < 4.78 is 6.74. The zero-order chi connectivity index (χ0) is 33.9.